The van der Waals surface area contributed by atoms with Crippen molar-refractivity contribution in [2.75, 3.05) is 25.5 Å². The number of amides is 1. The van der Waals surface area contributed by atoms with E-state index in [1.165, 1.54) is 19.1 Å². The number of aliphatic hydroxyl groups is 1. The van der Waals surface area contributed by atoms with Gasteiger partial charge in [-0.2, -0.15) is 0 Å². The summed E-state index contributed by atoms with van der Waals surface area (Å²) in [6, 6.07) is 4.55. The first-order valence-corrected chi connectivity index (χ1v) is 13.8. The van der Waals surface area contributed by atoms with Crippen LogP contribution in [0.2, 0.25) is 0 Å². The number of pyridine rings is 1. The van der Waals surface area contributed by atoms with Crippen molar-refractivity contribution >= 4 is 11.7 Å². The number of benzene rings is 1. The molecule has 2 aliphatic rings. The summed E-state index contributed by atoms with van der Waals surface area (Å²) in [5.41, 5.74) is 2.15. The number of nitrogens with one attached hydrogen (secondary N) is 2. The Balaban J connectivity index is 1.59. The number of aliphatic hydroxyl groups excluding tert-OH is 1. The number of rotatable bonds is 9. The lowest BCUT2D eigenvalue weighted by Gasteiger charge is -2.49. The first-order valence-electron chi connectivity index (χ1n) is 13.8. The quantitative estimate of drug-likeness (QED) is 0.432. The molecular formula is C30H42F2N4O3. The van der Waals surface area contributed by atoms with Gasteiger partial charge in [-0.05, 0) is 61.3 Å². The van der Waals surface area contributed by atoms with Gasteiger partial charge in [-0.15, -0.1) is 0 Å². The van der Waals surface area contributed by atoms with Crippen LogP contribution < -0.4 is 20.3 Å². The Hall–Kier alpha value is -2.78. The van der Waals surface area contributed by atoms with Gasteiger partial charge in [-0.25, -0.2) is 13.8 Å². The highest BCUT2D eigenvalue weighted by atomic mass is 19.1. The van der Waals surface area contributed by atoms with E-state index in [0.29, 0.717) is 5.56 Å². The maximum absolute atomic E-state index is 13.8. The van der Waals surface area contributed by atoms with Crippen LogP contribution in [0.1, 0.15) is 76.2 Å². The number of carbonyl (C=O) groups is 1. The molecule has 7 nitrogen and oxygen atoms in total. The van der Waals surface area contributed by atoms with Crippen LogP contribution in [0.4, 0.5) is 14.6 Å². The second-order valence-corrected chi connectivity index (χ2v) is 12.6. The Morgan fingerprint density at radius 2 is 1.87 bits per heavy atom. The molecule has 1 spiro atoms. The Morgan fingerprint density at radius 1 is 1.21 bits per heavy atom. The molecular weight excluding hydrogens is 502 g/mol. The fourth-order valence-electron chi connectivity index (χ4n) is 5.63. The number of hydrogen-bond donors (Lipinski definition) is 3. The van der Waals surface area contributed by atoms with Gasteiger partial charge in [0.15, 0.2) is 11.6 Å². The minimum absolute atomic E-state index is 0.0522. The molecule has 1 amide bonds. The van der Waals surface area contributed by atoms with Crippen molar-refractivity contribution in [1.82, 2.24) is 15.6 Å². The number of carbonyl (C=O) groups excluding carboxylic acids is 1. The Bertz CT molecular complexity index is 1170. The van der Waals surface area contributed by atoms with E-state index in [2.05, 4.69) is 37.5 Å². The van der Waals surface area contributed by atoms with Crippen molar-refractivity contribution < 1.29 is 23.4 Å². The number of halogens is 2. The molecule has 1 aliphatic carbocycles. The van der Waals surface area contributed by atoms with Crippen molar-refractivity contribution in [3.05, 3.63) is 52.7 Å². The summed E-state index contributed by atoms with van der Waals surface area (Å²) in [4.78, 5) is 18.9. The average Bonchev–Trinajstić information content (AvgIpc) is 2.78. The number of nitrogens with zero attached hydrogens (tertiary/aromatic N) is 2. The van der Waals surface area contributed by atoms with Crippen LogP contribution in [-0.2, 0) is 17.6 Å². The van der Waals surface area contributed by atoms with Gasteiger partial charge in [0, 0.05) is 57.4 Å². The van der Waals surface area contributed by atoms with Crippen LogP contribution >= 0.6 is 0 Å². The molecule has 3 atom stereocenters. The zero-order valence-corrected chi connectivity index (χ0v) is 23.9. The molecule has 0 radical (unpaired) electrons. The summed E-state index contributed by atoms with van der Waals surface area (Å²) in [6.45, 7) is 8.09. The summed E-state index contributed by atoms with van der Waals surface area (Å²) in [5.74, 6) is -0.131. The Labute approximate surface area is 230 Å². The monoisotopic (exact) mass is 544 g/mol. The van der Waals surface area contributed by atoms with Gasteiger partial charge in [-0.1, -0.05) is 20.8 Å². The molecule has 0 unspecified atom stereocenters. The third-order valence-electron chi connectivity index (χ3n) is 7.51. The maximum Gasteiger partial charge on any atom is 0.217 e. The molecule has 1 saturated carbocycles. The Kier molecular flexibility index (Phi) is 8.52. The molecule has 1 fully saturated rings. The van der Waals surface area contributed by atoms with Gasteiger partial charge < -0.3 is 25.4 Å². The van der Waals surface area contributed by atoms with E-state index in [9.17, 15) is 18.7 Å². The van der Waals surface area contributed by atoms with Crippen LogP contribution in [0.5, 0.6) is 5.75 Å². The van der Waals surface area contributed by atoms with Gasteiger partial charge in [-0.3, -0.25) is 4.79 Å². The third-order valence-corrected chi connectivity index (χ3v) is 7.51. The van der Waals surface area contributed by atoms with E-state index in [-0.39, 0.29) is 35.9 Å². The second kappa shape index (κ2) is 11.4. The summed E-state index contributed by atoms with van der Waals surface area (Å²) in [5, 5.41) is 17.5. The fraction of sp³-hybridized carbons (Fsp3) is 0.600. The zero-order chi connectivity index (χ0) is 28.5. The first-order chi connectivity index (χ1) is 18.2. The van der Waals surface area contributed by atoms with E-state index in [4.69, 9.17) is 9.72 Å². The molecule has 1 aromatic carbocycles. The summed E-state index contributed by atoms with van der Waals surface area (Å²) < 4.78 is 34.2. The molecule has 2 heterocycles. The topological polar surface area (TPSA) is 86.7 Å². The fourth-order valence-corrected chi connectivity index (χ4v) is 5.63. The van der Waals surface area contributed by atoms with E-state index >= 15 is 0 Å². The van der Waals surface area contributed by atoms with Gasteiger partial charge in [0.2, 0.25) is 5.91 Å². The summed E-state index contributed by atoms with van der Waals surface area (Å²) in [6.07, 6.45) is 3.69. The standard InChI is InChI=1S/C30H42F2N4O3/c1-18(37)34-24(12-19-10-20(31)13-21(32)11-19)26(38)17-33-25-16-30(8-7-9-30)39-27-23(25)14-22(15-29(2,3)4)35-28(27)36(5)6/h10-11,13-14,24-26,33,38H,7-9,12,15-17H2,1-6H3,(H,34,37)/t24-,25-,26+/m0/s1. The summed E-state index contributed by atoms with van der Waals surface area (Å²) >= 11 is 0. The predicted molar refractivity (Wildman–Crippen MR) is 148 cm³/mol. The molecule has 9 heteroatoms. The third kappa shape index (κ3) is 7.25. The van der Waals surface area contributed by atoms with Crippen LogP contribution in [0, 0.1) is 17.0 Å². The minimum Gasteiger partial charge on any atom is -0.483 e. The molecule has 1 aliphatic heterocycles. The van der Waals surface area contributed by atoms with Crippen LogP contribution in [-0.4, -0.2) is 54.4 Å². The highest BCUT2D eigenvalue weighted by Gasteiger charge is 2.47. The van der Waals surface area contributed by atoms with Crippen LogP contribution in [0.15, 0.2) is 24.3 Å². The highest BCUT2D eigenvalue weighted by molar-refractivity contribution is 5.73. The highest BCUT2D eigenvalue weighted by Crippen LogP contribution is 2.51. The SMILES string of the molecule is CC(=O)N[C@@H](Cc1cc(F)cc(F)c1)[C@H](O)CN[C@H]1CC2(CCC2)Oc2c1cc(CC(C)(C)C)nc2N(C)C. The number of fused-ring (bicyclic) bond motifs is 1. The van der Waals surface area contributed by atoms with Crippen molar-refractivity contribution in [1.29, 1.82) is 0 Å². The molecule has 3 N–H and O–H groups in total. The normalized spacial score (nSPS) is 19.5. The lowest BCUT2D eigenvalue weighted by atomic mass is 9.72. The van der Waals surface area contributed by atoms with Crippen molar-refractivity contribution in [2.45, 2.75) is 90.0 Å². The average molecular weight is 545 g/mol. The molecule has 0 bridgehead atoms. The molecule has 4 rings (SSSR count). The second-order valence-electron chi connectivity index (χ2n) is 12.6. The lowest BCUT2D eigenvalue weighted by Crippen LogP contribution is -2.52. The zero-order valence-electron chi connectivity index (χ0n) is 23.9. The lowest BCUT2D eigenvalue weighted by molar-refractivity contribution is -0.120. The molecule has 214 valence electrons. The van der Waals surface area contributed by atoms with Gasteiger partial charge >= 0.3 is 0 Å². The molecule has 1 aromatic heterocycles. The number of hydrogen-bond acceptors (Lipinski definition) is 6. The van der Waals surface area contributed by atoms with Crippen molar-refractivity contribution in [3.8, 4) is 5.75 Å². The molecule has 39 heavy (non-hydrogen) atoms. The summed E-state index contributed by atoms with van der Waals surface area (Å²) in [7, 11) is 3.93. The van der Waals surface area contributed by atoms with E-state index in [1.807, 2.05) is 19.0 Å². The minimum atomic E-state index is -0.993. The van der Waals surface area contributed by atoms with E-state index in [1.54, 1.807) is 0 Å². The van der Waals surface area contributed by atoms with E-state index < -0.39 is 23.8 Å². The van der Waals surface area contributed by atoms with Crippen LogP contribution in [0.25, 0.3) is 0 Å². The number of aromatic nitrogens is 1. The predicted octanol–water partition coefficient (Wildman–Crippen LogP) is 4.46. The first kappa shape index (κ1) is 29.2. The molecule has 0 saturated heterocycles. The maximum atomic E-state index is 13.8. The van der Waals surface area contributed by atoms with Gasteiger partial charge in [0.25, 0.3) is 0 Å². The smallest absolute Gasteiger partial charge is 0.217 e. The largest absolute Gasteiger partial charge is 0.483 e. The van der Waals surface area contributed by atoms with Crippen molar-refractivity contribution in [3.63, 3.8) is 0 Å². The van der Waals surface area contributed by atoms with E-state index in [0.717, 1.165) is 61.0 Å². The number of anilines is 1. The number of ether oxygens (including phenoxy) is 1. The Morgan fingerprint density at radius 3 is 2.41 bits per heavy atom. The van der Waals surface area contributed by atoms with Crippen LogP contribution in [0.3, 0.4) is 0 Å². The van der Waals surface area contributed by atoms with Gasteiger partial charge in [0.1, 0.15) is 17.2 Å². The van der Waals surface area contributed by atoms with Gasteiger partial charge in [0.05, 0.1) is 12.1 Å². The molecule has 2 aromatic rings. The van der Waals surface area contributed by atoms with Crippen molar-refractivity contribution in [2.24, 2.45) is 5.41 Å².